The molecule has 0 N–H and O–H groups in total. The van der Waals surface area contributed by atoms with E-state index in [0.717, 1.165) is 24.3 Å². The molecule has 0 bridgehead atoms. The SMILES string of the molecule is CN1C(=O)Cc2cc(S(=O)(=O)N3CCN(C4CCCC4)CC3)ccc21. The second-order valence-electron chi connectivity index (χ2n) is 7.30. The van der Waals surface area contributed by atoms with Crippen molar-refractivity contribution in [2.24, 2.45) is 0 Å². The van der Waals surface area contributed by atoms with Crippen LogP contribution in [0.2, 0.25) is 0 Å². The highest BCUT2D eigenvalue weighted by Gasteiger charge is 2.33. The van der Waals surface area contributed by atoms with E-state index < -0.39 is 10.0 Å². The lowest BCUT2D eigenvalue weighted by atomic mass is 10.2. The van der Waals surface area contributed by atoms with Gasteiger partial charge in [0.05, 0.1) is 11.3 Å². The van der Waals surface area contributed by atoms with E-state index in [0.29, 0.717) is 24.0 Å². The molecule has 1 amide bonds. The van der Waals surface area contributed by atoms with Gasteiger partial charge in [0, 0.05) is 45.0 Å². The van der Waals surface area contributed by atoms with Crippen molar-refractivity contribution in [2.75, 3.05) is 38.1 Å². The second kappa shape index (κ2) is 6.37. The third-order valence-electron chi connectivity index (χ3n) is 5.88. The fourth-order valence-corrected chi connectivity index (χ4v) is 5.81. The van der Waals surface area contributed by atoms with E-state index in [2.05, 4.69) is 4.90 Å². The fraction of sp³-hybridized carbons (Fsp3) is 0.611. The molecule has 7 heteroatoms. The molecular weight excluding hydrogens is 338 g/mol. The molecule has 136 valence electrons. The predicted octanol–water partition coefficient (Wildman–Crippen LogP) is 1.45. The largest absolute Gasteiger partial charge is 0.315 e. The number of hydrogen-bond donors (Lipinski definition) is 0. The minimum atomic E-state index is -3.49. The second-order valence-corrected chi connectivity index (χ2v) is 9.24. The number of piperazine rings is 1. The summed E-state index contributed by atoms with van der Waals surface area (Å²) in [6.45, 7) is 2.73. The highest BCUT2D eigenvalue weighted by Crippen LogP contribution is 2.31. The lowest BCUT2D eigenvalue weighted by Gasteiger charge is -2.37. The van der Waals surface area contributed by atoms with E-state index in [4.69, 9.17) is 0 Å². The van der Waals surface area contributed by atoms with Crippen LogP contribution in [0.15, 0.2) is 23.1 Å². The molecule has 3 aliphatic rings. The minimum absolute atomic E-state index is 0.00901. The van der Waals surface area contributed by atoms with Gasteiger partial charge in [-0.2, -0.15) is 4.31 Å². The van der Waals surface area contributed by atoms with Crippen molar-refractivity contribution in [3.63, 3.8) is 0 Å². The standard InChI is InChI=1S/C18H25N3O3S/c1-19-17-7-6-16(12-14(17)13-18(19)22)25(23,24)21-10-8-20(9-11-21)15-4-2-3-5-15/h6-7,12,15H,2-5,8-11,13H2,1H3. The summed E-state index contributed by atoms with van der Waals surface area (Å²) in [5.74, 6) is 0.00901. The third-order valence-corrected chi connectivity index (χ3v) is 7.77. The predicted molar refractivity (Wildman–Crippen MR) is 96.1 cm³/mol. The van der Waals surface area contributed by atoms with Gasteiger partial charge in [-0.15, -0.1) is 0 Å². The molecule has 6 nitrogen and oxygen atoms in total. The van der Waals surface area contributed by atoms with Crippen LogP contribution >= 0.6 is 0 Å². The molecule has 2 heterocycles. The molecule has 4 rings (SSSR count). The van der Waals surface area contributed by atoms with Gasteiger partial charge < -0.3 is 4.90 Å². The van der Waals surface area contributed by atoms with Crippen LogP contribution in [0, 0.1) is 0 Å². The summed E-state index contributed by atoms with van der Waals surface area (Å²) in [6, 6.07) is 5.70. The van der Waals surface area contributed by atoms with E-state index in [1.54, 1.807) is 34.5 Å². The average molecular weight is 363 g/mol. The van der Waals surface area contributed by atoms with Gasteiger partial charge in [-0.1, -0.05) is 12.8 Å². The molecule has 0 aromatic heterocycles. The Bertz CT molecular complexity index is 779. The number of carbonyl (C=O) groups is 1. The summed E-state index contributed by atoms with van der Waals surface area (Å²) in [7, 11) is -1.76. The Morgan fingerprint density at radius 2 is 1.72 bits per heavy atom. The number of amides is 1. The Labute approximate surface area is 149 Å². The van der Waals surface area contributed by atoms with E-state index in [1.807, 2.05) is 0 Å². The van der Waals surface area contributed by atoms with Crippen LogP contribution < -0.4 is 4.90 Å². The highest BCUT2D eigenvalue weighted by molar-refractivity contribution is 7.89. The van der Waals surface area contributed by atoms with E-state index in [9.17, 15) is 13.2 Å². The van der Waals surface area contributed by atoms with Gasteiger partial charge in [0.1, 0.15) is 0 Å². The maximum atomic E-state index is 13.0. The Balaban J connectivity index is 1.49. The van der Waals surface area contributed by atoms with Crippen molar-refractivity contribution in [1.82, 2.24) is 9.21 Å². The molecule has 25 heavy (non-hydrogen) atoms. The molecule has 1 saturated heterocycles. The fourth-order valence-electron chi connectivity index (χ4n) is 4.33. The van der Waals surface area contributed by atoms with Crippen LogP contribution in [0.3, 0.4) is 0 Å². The lowest BCUT2D eigenvalue weighted by Crippen LogP contribution is -2.51. The van der Waals surface area contributed by atoms with Crippen LogP contribution in [0.4, 0.5) is 5.69 Å². The lowest BCUT2D eigenvalue weighted by molar-refractivity contribution is -0.117. The van der Waals surface area contributed by atoms with Gasteiger partial charge in [-0.25, -0.2) is 8.42 Å². The molecule has 0 radical (unpaired) electrons. The number of benzene rings is 1. The minimum Gasteiger partial charge on any atom is -0.315 e. The average Bonchev–Trinajstić information content (AvgIpc) is 3.24. The number of likely N-dealkylation sites (N-methyl/N-ethyl adjacent to an activating group) is 1. The summed E-state index contributed by atoms with van der Waals surface area (Å²) in [6.07, 6.45) is 5.37. The first-order valence-corrected chi connectivity index (χ1v) is 10.5. The van der Waals surface area contributed by atoms with Gasteiger partial charge in [0.2, 0.25) is 15.9 Å². The molecule has 1 aromatic carbocycles. The summed E-state index contributed by atoms with van der Waals surface area (Å²) in [5.41, 5.74) is 1.62. The zero-order chi connectivity index (χ0) is 17.6. The smallest absolute Gasteiger partial charge is 0.243 e. The monoisotopic (exact) mass is 363 g/mol. The molecule has 2 aliphatic heterocycles. The van der Waals surface area contributed by atoms with Gasteiger partial charge in [-0.05, 0) is 36.6 Å². The van der Waals surface area contributed by atoms with Gasteiger partial charge in [0.25, 0.3) is 0 Å². The Kier molecular flexibility index (Phi) is 4.33. The van der Waals surface area contributed by atoms with E-state index in [1.165, 1.54) is 25.7 Å². The Hall–Kier alpha value is -1.44. The van der Waals surface area contributed by atoms with Crippen LogP contribution in [0.25, 0.3) is 0 Å². The number of fused-ring (bicyclic) bond motifs is 1. The van der Waals surface area contributed by atoms with E-state index in [-0.39, 0.29) is 12.3 Å². The van der Waals surface area contributed by atoms with E-state index >= 15 is 0 Å². The number of anilines is 1. The van der Waals surface area contributed by atoms with Crippen molar-refractivity contribution in [3.05, 3.63) is 23.8 Å². The molecule has 0 spiro atoms. The topological polar surface area (TPSA) is 60.9 Å². The summed E-state index contributed by atoms with van der Waals surface area (Å²) >= 11 is 0. The van der Waals surface area contributed by atoms with Crippen molar-refractivity contribution in [1.29, 1.82) is 0 Å². The van der Waals surface area contributed by atoms with Crippen molar-refractivity contribution in [2.45, 2.75) is 43.0 Å². The number of rotatable bonds is 3. The maximum absolute atomic E-state index is 13.0. The molecular formula is C18H25N3O3S. The van der Waals surface area contributed by atoms with Gasteiger partial charge in [0.15, 0.2) is 0 Å². The molecule has 0 atom stereocenters. The normalized spacial score (nSPS) is 23.4. The number of sulfonamides is 1. The highest BCUT2D eigenvalue weighted by atomic mass is 32.2. The molecule has 2 fully saturated rings. The number of hydrogen-bond acceptors (Lipinski definition) is 4. The van der Waals surface area contributed by atoms with Crippen molar-refractivity contribution >= 4 is 21.6 Å². The van der Waals surface area contributed by atoms with Gasteiger partial charge in [-0.3, -0.25) is 9.69 Å². The first-order valence-electron chi connectivity index (χ1n) is 9.10. The van der Waals surface area contributed by atoms with Crippen LogP contribution in [0.5, 0.6) is 0 Å². The van der Waals surface area contributed by atoms with Gasteiger partial charge >= 0.3 is 0 Å². The van der Waals surface area contributed by atoms with Crippen molar-refractivity contribution < 1.29 is 13.2 Å². The summed E-state index contributed by atoms with van der Waals surface area (Å²) in [4.78, 5) is 16.2. The van der Waals surface area contributed by atoms with Crippen LogP contribution in [-0.4, -0.2) is 62.8 Å². The summed E-state index contributed by atoms with van der Waals surface area (Å²) in [5, 5.41) is 0. The summed E-state index contributed by atoms with van der Waals surface area (Å²) < 4.78 is 27.6. The van der Waals surface area contributed by atoms with Crippen LogP contribution in [-0.2, 0) is 21.2 Å². The quantitative estimate of drug-likeness (QED) is 0.816. The molecule has 1 aromatic rings. The number of carbonyl (C=O) groups excluding carboxylic acids is 1. The maximum Gasteiger partial charge on any atom is 0.243 e. The Morgan fingerprint density at radius 3 is 2.40 bits per heavy atom. The third kappa shape index (κ3) is 2.98. The first-order chi connectivity index (χ1) is 12.0. The number of nitrogens with zero attached hydrogens (tertiary/aromatic N) is 3. The zero-order valence-electron chi connectivity index (χ0n) is 14.6. The van der Waals surface area contributed by atoms with Crippen LogP contribution in [0.1, 0.15) is 31.2 Å². The Morgan fingerprint density at radius 1 is 1.04 bits per heavy atom. The zero-order valence-corrected chi connectivity index (χ0v) is 15.5. The molecule has 1 aliphatic carbocycles. The first kappa shape index (κ1) is 17.0. The molecule has 0 unspecified atom stereocenters. The molecule has 1 saturated carbocycles. The van der Waals surface area contributed by atoms with Crippen molar-refractivity contribution in [3.8, 4) is 0 Å².